The Kier molecular flexibility index (Phi) is 4.07. The average molecular weight is 305 g/mol. The zero-order valence-electron chi connectivity index (χ0n) is 11.0. The number of benzene rings is 2. The van der Waals surface area contributed by atoms with Crippen molar-refractivity contribution in [2.75, 3.05) is 0 Å². The molecule has 0 heterocycles. The van der Waals surface area contributed by atoms with E-state index in [1.165, 1.54) is 22.3 Å². The summed E-state index contributed by atoms with van der Waals surface area (Å²) in [5.74, 6) is 1.01. The van der Waals surface area contributed by atoms with Crippen LogP contribution in [0.3, 0.4) is 0 Å². The maximum atomic E-state index is 5.96. The van der Waals surface area contributed by atoms with E-state index in [1.54, 1.807) is 0 Å². The molecule has 0 aliphatic carbocycles. The minimum Gasteiger partial charge on any atom is -0.488 e. The fourth-order valence-electron chi connectivity index (χ4n) is 1.88. The second kappa shape index (κ2) is 5.57. The minimum atomic E-state index is 0.610. The predicted octanol–water partition coefficient (Wildman–Crippen LogP) is 4.95. The molecule has 0 fully saturated rings. The van der Waals surface area contributed by atoms with Crippen LogP contribution in [-0.2, 0) is 6.61 Å². The first-order valence-electron chi connectivity index (χ1n) is 6.02. The van der Waals surface area contributed by atoms with Crippen molar-refractivity contribution < 1.29 is 4.74 Å². The summed E-state index contributed by atoms with van der Waals surface area (Å²) in [6.45, 7) is 6.92. The lowest BCUT2D eigenvalue weighted by molar-refractivity contribution is 0.301. The quantitative estimate of drug-likeness (QED) is 0.779. The summed E-state index contributed by atoms with van der Waals surface area (Å²) in [5.41, 5.74) is 4.87. The number of halogens is 1. The van der Waals surface area contributed by atoms with Gasteiger partial charge in [-0.1, -0.05) is 40.2 Å². The molecule has 0 saturated heterocycles. The Balaban J connectivity index is 2.15. The van der Waals surface area contributed by atoms with Crippen LogP contribution >= 0.6 is 15.9 Å². The topological polar surface area (TPSA) is 9.23 Å². The average Bonchev–Trinajstić information content (AvgIpc) is 2.36. The van der Waals surface area contributed by atoms with E-state index in [0.29, 0.717) is 6.61 Å². The van der Waals surface area contributed by atoms with E-state index < -0.39 is 0 Å². The van der Waals surface area contributed by atoms with Gasteiger partial charge in [0.25, 0.3) is 0 Å². The van der Waals surface area contributed by atoms with E-state index in [-0.39, 0.29) is 0 Å². The number of hydrogen-bond donors (Lipinski definition) is 0. The van der Waals surface area contributed by atoms with Crippen LogP contribution in [-0.4, -0.2) is 0 Å². The molecule has 0 aliphatic rings. The maximum Gasteiger partial charge on any atom is 0.125 e. The van der Waals surface area contributed by atoms with E-state index in [4.69, 9.17) is 4.74 Å². The third-order valence-electron chi connectivity index (χ3n) is 3.17. The van der Waals surface area contributed by atoms with Crippen molar-refractivity contribution in [1.82, 2.24) is 0 Å². The van der Waals surface area contributed by atoms with E-state index in [0.717, 1.165) is 10.2 Å². The molecule has 2 rings (SSSR count). The highest BCUT2D eigenvalue weighted by molar-refractivity contribution is 9.10. The maximum absolute atomic E-state index is 5.96. The summed E-state index contributed by atoms with van der Waals surface area (Å²) in [6.07, 6.45) is 0. The van der Waals surface area contributed by atoms with Gasteiger partial charge in [-0.15, -0.1) is 0 Å². The number of aryl methyl sites for hydroxylation is 2. The van der Waals surface area contributed by atoms with Gasteiger partial charge in [0.1, 0.15) is 12.4 Å². The third kappa shape index (κ3) is 2.94. The third-order valence-corrected chi connectivity index (χ3v) is 3.70. The largest absolute Gasteiger partial charge is 0.488 e. The summed E-state index contributed by atoms with van der Waals surface area (Å²) in [4.78, 5) is 0. The second-order valence-corrected chi connectivity index (χ2v) is 5.48. The summed E-state index contributed by atoms with van der Waals surface area (Å²) in [5, 5.41) is 0. The first-order chi connectivity index (χ1) is 8.58. The van der Waals surface area contributed by atoms with Crippen molar-refractivity contribution >= 4 is 15.9 Å². The Morgan fingerprint density at radius 1 is 0.889 bits per heavy atom. The fraction of sp³-hybridized carbons (Fsp3) is 0.250. The Hall–Kier alpha value is -1.28. The Morgan fingerprint density at radius 3 is 2.17 bits per heavy atom. The minimum absolute atomic E-state index is 0.610. The van der Waals surface area contributed by atoms with Crippen LogP contribution in [0, 0.1) is 20.8 Å². The van der Waals surface area contributed by atoms with Crippen LogP contribution in [0.5, 0.6) is 5.75 Å². The molecular weight excluding hydrogens is 288 g/mol. The monoisotopic (exact) mass is 304 g/mol. The van der Waals surface area contributed by atoms with Gasteiger partial charge in [-0.25, -0.2) is 0 Å². The van der Waals surface area contributed by atoms with Gasteiger partial charge < -0.3 is 4.74 Å². The van der Waals surface area contributed by atoms with Gasteiger partial charge in [0.15, 0.2) is 0 Å². The zero-order chi connectivity index (χ0) is 13.1. The van der Waals surface area contributed by atoms with Crippen molar-refractivity contribution in [2.45, 2.75) is 27.4 Å². The first kappa shape index (κ1) is 13.2. The fourth-order valence-corrected chi connectivity index (χ4v) is 2.15. The molecule has 2 heteroatoms. The molecular formula is C16H17BrO. The number of ether oxygens (including phenoxy) is 1. The lowest BCUT2D eigenvalue weighted by atomic mass is 10.1. The van der Waals surface area contributed by atoms with Crippen molar-refractivity contribution in [2.24, 2.45) is 0 Å². The van der Waals surface area contributed by atoms with Crippen LogP contribution in [0.25, 0.3) is 0 Å². The van der Waals surface area contributed by atoms with Crippen LogP contribution in [0.1, 0.15) is 22.3 Å². The van der Waals surface area contributed by atoms with Crippen LogP contribution in [0.15, 0.2) is 40.9 Å². The highest BCUT2D eigenvalue weighted by Gasteiger charge is 2.06. The predicted molar refractivity (Wildman–Crippen MR) is 79.1 cm³/mol. The summed E-state index contributed by atoms with van der Waals surface area (Å²) >= 11 is 3.43. The van der Waals surface area contributed by atoms with E-state index in [9.17, 15) is 0 Å². The number of rotatable bonds is 3. The SMILES string of the molecule is Cc1ccc(C)c(OCc2ccc(Br)cc2)c1C. The Morgan fingerprint density at radius 2 is 1.50 bits per heavy atom. The van der Waals surface area contributed by atoms with Gasteiger partial charge in [0.05, 0.1) is 0 Å². The Bertz CT molecular complexity index is 544. The first-order valence-corrected chi connectivity index (χ1v) is 6.81. The van der Waals surface area contributed by atoms with E-state index in [1.807, 2.05) is 12.1 Å². The van der Waals surface area contributed by atoms with Crippen LogP contribution < -0.4 is 4.74 Å². The van der Waals surface area contributed by atoms with Crippen molar-refractivity contribution in [3.63, 3.8) is 0 Å². The smallest absolute Gasteiger partial charge is 0.125 e. The second-order valence-electron chi connectivity index (χ2n) is 4.57. The van der Waals surface area contributed by atoms with Gasteiger partial charge in [0.2, 0.25) is 0 Å². The lowest BCUT2D eigenvalue weighted by Crippen LogP contribution is -2.00. The van der Waals surface area contributed by atoms with Crippen LogP contribution in [0.4, 0.5) is 0 Å². The van der Waals surface area contributed by atoms with Gasteiger partial charge in [0, 0.05) is 4.47 Å². The standard InChI is InChI=1S/C16H17BrO/c1-11-4-5-12(2)16(13(11)3)18-10-14-6-8-15(17)9-7-14/h4-9H,10H2,1-3H3. The molecule has 1 nitrogen and oxygen atoms in total. The van der Waals surface area contributed by atoms with E-state index in [2.05, 4.69) is 61.0 Å². The van der Waals surface area contributed by atoms with E-state index >= 15 is 0 Å². The molecule has 0 saturated carbocycles. The van der Waals surface area contributed by atoms with Crippen LogP contribution in [0.2, 0.25) is 0 Å². The van der Waals surface area contributed by atoms with Gasteiger partial charge >= 0.3 is 0 Å². The molecule has 18 heavy (non-hydrogen) atoms. The van der Waals surface area contributed by atoms with Crippen molar-refractivity contribution in [1.29, 1.82) is 0 Å². The molecule has 0 radical (unpaired) electrons. The zero-order valence-corrected chi connectivity index (χ0v) is 12.5. The molecule has 0 spiro atoms. The molecule has 0 aromatic heterocycles. The summed E-state index contributed by atoms with van der Waals surface area (Å²) in [6, 6.07) is 12.5. The summed E-state index contributed by atoms with van der Waals surface area (Å²) < 4.78 is 7.05. The highest BCUT2D eigenvalue weighted by atomic mass is 79.9. The molecule has 2 aromatic carbocycles. The lowest BCUT2D eigenvalue weighted by Gasteiger charge is -2.14. The molecule has 0 unspecified atom stereocenters. The van der Waals surface area contributed by atoms with Crippen molar-refractivity contribution in [3.05, 3.63) is 63.1 Å². The van der Waals surface area contributed by atoms with Gasteiger partial charge in [-0.05, 0) is 55.2 Å². The highest BCUT2D eigenvalue weighted by Crippen LogP contribution is 2.26. The molecule has 94 valence electrons. The normalized spacial score (nSPS) is 10.4. The molecule has 0 amide bonds. The molecule has 0 N–H and O–H groups in total. The van der Waals surface area contributed by atoms with Crippen molar-refractivity contribution in [3.8, 4) is 5.75 Å². The Labute approximate surface area is 117 Å². The molecule has 0 atom stereocenters. The van der Waals surface area contributed by atoms with Gasteiger partial charge in [-0.3, -0.25) is 0 Å². The molecule has 0 bridgehead atoms. The summed E-state index contributed by atoms with van der Waals surface area (Å²) in [7, 11) is 0. The van der Waals surface area contributed by atoms with Gasteiger partial charge in [-0.2, -0.15) is 0 Å². The molecule has 2 aromatic rings. The molecule has 0 aliphatic heterocycles. The number of hydrogen-bond acceptors (Lipinski definition) is 1.